The van der Waals surface area contributed by atoms with Gasteiger partial charge >= 0.3 is 0 Å². The summed E-state index contributed by atoms with van der Waals surface area (Å²) >= 11 is 5.83. The van der Waals surface area contributed by atoms with Crippen LogP contribution in [0, 0.1) is 0 Å². The van der Waals surface area contributed by atoms with Gasteiger partial charge in [-0.1, -0.05) is 42.5 Å². The molecule has 1 unspecified atom stereocenters. The van der Waals surface area contributed by atoms with Gasteiger partial charge in [0, 0.05) is 45.0 Å². The third-order valence-corrected chi connectivity index (χ3v) is 5.02. The van der Waals surface area contributed by atoms with Crippen molar-refractivity contribution in [2.75, 3.05) is 31.1 Å². The number of carbonyl (C=O) groups excluding carboxylic acids is 1. The maximum Gasteiger partial charge on any atom is 0.238 e. The van der Waals surface area contributed by atoms with Gasteiger partial charge in [0.15, 0.2) is 0 Å². The summed E-state index contributed by atoms with van der Waals surface area (Å²) in [5.74, 6) is -0.127. The molecule has 1 aliphatic heterocycles. The molecule has 3 rings (SSSR count). The van der Waals surface area contributed by atoms with E-state index >= 15 is 0 Å². The number of rotatable bonds is 6. The summed E-state index contributed by atoms with van der Waals surface area (Å²) in [5.41, 5.74) is 3.72. The van der Waals surface area contributed by atoms with Gasteiger partial charge in [-0.15, -0.1) is 11.6 Å². The number of para-hydroxylation sites is 1. The Morgan fingerprint density at radius 2 is 1.62 bits per heavy atom. The number of nitrogens with one attached hydrogen (secondary N) is 1. The minimum absolute atomic E-state index is 0.127. The first-order chi connectivity index (χ1) is 12.6. The average molecular weight is 372 g/mol. The number of alkyl halides is 1. The molecule has 1 heterocycles. The fourth-order valence-electron chi connectivity index (χ4n) is 3.25. The first-order valence-corrected chi connectivity index (χ1v) is 9.58. The Labute approximate surface area is 160 Å². The smallest absolute Gasteiger partial charge is 0.238 e. The number of carbonyl (C=O) groups is 1. The molecule has 0 bridgehead atoms. The standard InChI is InChI=1S/C21H26ClN3O/c1-17(22)21(26)23-15-18-7-5-6-8-19(18)16-24-11-13-25(14-12-24)20-9-3-2-4-10-20/h2-10,17H,11-16H2,1H3,(H,23,26). The number of halogens is 1. The summed E-state index contributed by atoms with van der Waals surface area (Å²) in [6.07, 6.45) is 0. The molecule has 1 N–H and O–H groups in total. The molecule has 5 heteroatoms. The Morgan fingerprint density at radius 1 is 1.00 bits per heavy atom. The van der Waals surface area contributed by atoms with E-state index in [9.17, 15) is 4.79 Å². The Morgan fingerprint density at radius 3 is 2.27 bits per heavy atom. The second-order valence-corrected chi connectivity index (χ2v) is 7.36. The van der Waals surface area contributed by atoms with E-state index in [1.165, 1.54) is 11.3 Å². The van der Waals surface area contributed by atoms with E-state index in [4.69, 9.17) is 11.6 Å². The SMILES string of the molecule is CC(Cl)C(=O)NCc1ccccc1CN1CCN(c2ccccc2)CC1. The van der Waals surface area contributed by atoms with Gasteiger partial charge in [-0.2, -0.15) is 0 Å². The van der Waals surface area contributed by atoms with Crippen LogP contribution in [0.5, 0.6) is 0 Å². The molecule has 1 fully saturated rings. The van der Waals surface area contributed by atoms with Gasteiger partial charge in [0.2, 0.25) is 5.91 Å². The molecule has 0 aliphatic carbocycles. The fourth-order valence-corrected chi connectivity index (χ4v) is 3.33. The van der Waals surface area contributed by atoms with E-state index in [-0.39, 0.29) is 5.91 Å². The number of amides is 1. The number of benzene rings is 2. The van der Waals surface area contributed by atoms with Crippen LogP contribution in [0.25, 0.3) is 0 Å². The third-order valence-electron chi connectivity index (χ3n) is 4.82. The predicted molar refractivity (Wildman–Crippen MR) is 108 cm³/mol. The molecule has 0 aromatic heterocycles. The van der Waals surface area contributed by atoms with Crippen LogP contribution in [-0.2, 0) is 17.9 Å². The van der Waals surface area contributed by atoms with Gasteiger partial charge in [-0.25, -0.2) is 0 Å². The molecule has 2 aromatic rings. The molecular weight excluding hydrogens is 346 g/mol. The van der Waals surface area contributed by atoms with Crippen molar-refractivity contribution in [1.29, 1.82) is 0 Å². The molecule has 2 aromatic carbocycles. The van der Waals surface area contributed by atoms with Crippen LogP contribution in [0.3, 0.4) is 0 Å². The fraction of sp³-hybridized carbons (Fsp3) is 0.381. The minimum Gasteiger partial charge on any atom is -0.369 e. The zero-order valence-corrected chi connectivity index (χ0v) is 16.0. The lowest BCUT2D eigenvalue weighted by atomic mass is 10.1. The van der Waals surface area contributed by atoms with Crippen LogP contribution in [0.4, 0.5) is 5.69 Å². The van der Waals surface area contributed by atoms with Crippen molar-refractivity contribution in [2.24, 2.45) is 0 Å². The molecule has 1 saturated heterocycles. The highest BCUT2D eigenvalue weighted by Gasteiger charge is 2.18. The van der Waals surface area contributed by atoms with E-state index in [0.717, 1.165) is 38.3 Å². The van der Waals surface area contributed by atoms with Crippen molar-refractivity contribution in [3.63, 3.8) is 0 Å². The normalized spacial score (nSPS) is 16.3. The number of anilines is 1. The topological polar surface area (TPSA) is 35.6 Å². The quantitative estimate of drug-likeness (QED) is 0.792. The molecule has 0 saturated carbocycles. The molecule has 1 atom stereocenters. The van der Waals surface area contributed by atoms with E-state index in [1.807, 2.05) is 6.07 Å². The summed E-state index contributed by atoms with van der Waals surface area (Å²) in [6, 6.07) is 18.9. The Bertz CT molecular complexity index is 712. The molecule has 4 nitrogen and oxygen atoms in total. The molecule has 26 heavy (non-hydrogen) atoms. The van der Waals surface area contributed by atoms with Crippen molar-refractivity contribution < 1.29 is 4.79 Å². The molecule has 1 aliphatic rings. The van der Waals surface area contributed by atoms with Crippen molar-refractivity contribution in [1.82, 2.24) is 10.2 Å². The van der Waals surface area contributed by atoms with Crippen LogP contribution in [0.1, 0.15) is 18.1 Å². The minimum atomic E-state index is -0.506. The van der Waals surface area contributed by atoms with Crippen molar-refractivity contribution in [3.05, 3.63) is 65.7 Å². The Balaban J connectivity index is 1.56. The predicted octanol–water partition coefficient (Wildman–Crippen LogP) is 3.25. The van der Waals surface area contributed by atoms with Gasteiger partial charge in [0.25, 0.3) is 0 Å². The summed E-state index contributed by atoms with van der Waals surface area (Å²) in [6.45, 7) is 7.26. The highest BCUT2D eigenvalue weighted by molar-refractivity contribution is 6.30. The van der Waals surface area contributed by atoms with Gasteiger partial charge < -0.3 is 10.2 Å². The highest BCUT2D eigenvalue weighted by Crippen LogP contribution is 2.18. The lowest BCUT2D eigenvalue weighted by Gasteiger charge is -2.36. The monoisotopic (exact) mass is 371 g/mol. The van der Waals surface area contributed by atoms with Crippen molar-refractivity contribution >= 4 is 23.2 Å². The first-order valence-electron chi connectivity index (χ1n) is 9.14. The van der Waals surface area contributed by atoms with Crippen LogP contribution in [-0.4, -0.2) is 42.4 Å². The van der Waals surface area contributed by atoms with Crippen molar-refractivity contribution in [3.8, 4) is 0 Å². The van der Waals surface area contributed by atoms with E-state index in [1.54, 1.807) is 6.92 Å². The summed E-state index contributed by atoms with van der Waals surface area (Å²) in [5, 5.41) is 2.40. The maximum absolute atomic E-state index is 11.7. The van der Waals surface area contributed by atoms with E-state index < -0.39 is 5.38 Å². The zero-order valence-electron chi connectivity index (χ0n) is 15.2. The second kappa shape index (κ2) is 9.06. The lowest BCUT2D eigenvalue weighted by molar-refractivity contribution is -0.120. The summed E-state index contributed by atoms with van der Waals surface area (Å²) < 4.78 is 0. The van der Waals surface area contributed by atoms with E-state index in [2.05, 4.69) is 63.6 Å². The molecule has 138 valence electrons. The highest BCUT2D eigenvalue weighted by atomic mass is 35.5. The number of hydrogen-bond acceptors (Lipinski definition) is 3. The van der Waals surface area contributed by atoms with Crippen LogP contribution in [0.2, 0.25) is 0 Å². The third kappa shape index (κ3) is 4.99. The number of hydrogen-bond donors (Lipinski definition) is 1. The second-order valence-electron chi connectivity index (χ2n) is 6.70. The molecule has 0 spiro atoms. The van der Waals surface area contributed by atoms with Crippen LogP contribution in [0.15, 0.2) is 54.6 Å². The molecular formula is C21H26ClN3O. The largest absolute Gasteiger partial charge is 0.369 e. The van der Waals surface area contributed by atoms with E-state index in [0.29, 0.717) is 6.54 Å². The Kier molecular flexibility index (Phi) is 6.53. The lowest BCUT2D eigenvalue weighted by Crippen LogP contribution is -2.46. The van der Waals surface area contributed by atoms with Gasteiger partial charge in [-0.3, -0.25) is 9.69 Å². The van der Waals surface area contributed by atoms with Crippen LogP contribution >= 0.6 is 11.6 Å². The summed E-state index contributed by atoms with van der Waals surface area (Å²) in [4.78, 5) is 16.6. The van der Waals surface area contributed by atoms with Gasteiger partial charge in [0.05, 0.1) is 0 Å². The number of piperazine rings is 1. The van der Waals surface area contributed by atoms with Gasteiger partial charge in [0.1, 0.15) is 5.38 Å². The molecule has 1 amide bonds. The Hall–Kier alpha value is -2.04. The first kappa shape index (κ1) is 18.7. The van der Waals surface area contributed by atoms with Crippen LogP contribution < -0.4 is 10.2 Å². The summed E-state index contributed by atoms with van der Waals surface area (Å²) in [7, 11) is 0. The zero-order chi connectivity index (χ0) is 18.4. The molecule has 0 radical (unpaired) electrons. The number of nitrogens with zero attached hydrogens (tertiary/aromatic N) is 2. The van der Waals surface area contributed by atoms with Gasteiger partial charge in [-0.05, 0) is 30.2 Å². The average Bonchev–Trinajstić information content (AvgIpc) is 2.68. The maximum atomic E-state index is 11.7. The van der Waals surface area contributed by atoms with Crippen molar-refractivity contribution in [2.45, 2.75) is 25.4 Å².